The van der Waals surface area contributed by atoms with Crippen molar-refractivity contribution in [1.29, 1.82) is 0 Å². The van der Waals surface area contributed by atoms with E-state index in [2.05, 4.69) is 10.5 Å². The lowest BCUT2D eigenvalue weighted by Gasteiger charge is -2.09. The number of primary amides is 1. The number of rotatable bonds is 3. The third-order valence-electron chi connectivity index (χ3n) is 0.991. The fraction of sp³-hybridized carbons (Fsp3) is 0.600. The normalized spacial score (nSPS) is 13.5. The van der Waals surface area contributed by atoms with Gasteiger partial charge in [-0.1, -0.05) is 0 Å². The van der Waals surface area contributed by atoms with E-state index in [1.54, 1.807) is 0 Å². The summed E-state index contributed by atoms with van der Waals surface area (Å²) < 4.78 is 38.0. The highest BCUT2D eigenvalue weighted by molar-refractivity contribution is 5.80. The summed E-state index contributed by atoms with van der Waals surface area (Å²) in [6.07, 6.45) is -5.09. The van der Waals surface area contributed by atoms with E-state index in [0.717, 1.165) is 0 Å². The second-order valence-electron chi connectivity index (χ2n) is 2.11. The van der Waals surface area contributed by atoms with Crippen LogP contribution in [0.25, 0.3) is 0 Å². The van der Waals surface area contributed by atoms with E-state index in [4.69, 9.17) is 5.73 Å². The van der Waals surface area contributed by atoms with Gasteiger partial charge in [-0.05, 0) is 0 Å². The van der Waals surface area contributed by atoms with Gasteiger partial charge in [-0.15, -0.1) is 0 Å². The maximum absolute atomic E-state index is 11.5. The van der Waals surface area contributed by atoms with Crippen molar-refractivity contribution in [3.05, 3.63) is 0 Å². The van der Waals surface area contributed by atoms with E-state index in [0.29, 0.717) is 0 Å². The zero-order valence-corrected chi connectivity index (χ0v) is 6.30. The fourth-order valence-corrected chi connectivity index (χ4v) is 0.329. The summed E-state index contributed by atoms with van der Waals surface area (Å²) in [5.74, 6) is -3.45. The maximum Gasteiger partial charge on any atom is 0.490 e. The molecule has 0 bridgehead atoms. The van der Waals surface area contributed by atoms with E-state index in [1.165, 1.54) is 0 Å². The molecule has 0 aromatic carbocycles. The molecular formula is C5H7F3N2O3. The van der Waals surface area contributed by atoms with E-state index >= 15 is 0 Å². The van der Waals surface area contributed by atoms with Crippen LogP contribution in [0.4, 0.5) is 13.2 Å². The lowest BCUT2D eigenvalue weighted by Crippen LogP contribution is -2.42. The van der Waals surface area contributed by atoms with Crippen molar-refractivity contribution < 1.29 is 27.5 Å². The highest BCUT2D eigenvalue weighted by atomic mass is 19.4. The van der Waals surface area contributed by atoms with Gasteiger partial charge in [0.2, 0.25) is 5.91 Å². The first-order valence-corrected chi connectivity index (χ1v) is 3.04. The molecule has 0 fully saturated rings. The number of halogens is 3. The topological polar surface area (TPSA) is 95.4 Å². The number of amides is 1. The zero-order chi connectivity index (χ0) is 10.6. The third kappa shape index (κ3) is 4.31. The lowest BCUT2D eigenvalue weighted by atomic mass is 10.3. The molecule has 0 aliphatic rings. The number of carbonyl (C=O) groups excluding carboxylic acids is 2. The molecule has 5 nitrogen and oxygen atoms in total. The summed E-state index contributed by atoms with van der Waals surface area (Å²) in [6, 6.07) is -1.42. The number of ether oxygens (including phenoxy) is 1. The lowest BCUT2D eigenvalue weighted by molar-refractivity contribution is -0.200. The SMILES string of the molecule is NC(=O)[C@H](N)COC(=O)C(F)(F)F. The minimum atomic E-state index is -5.09. The average Bonchev–Trinajstić information content (AvgIpc) is 1.97. The smallest absolute Gasteiger partial charge is 0.457 e. The number of nitrogens with two attached hydrogens (primary N) is 2. The second-order valence-corrected chi connectivity index (χ2v) is 2.11. The molecule has 0 aliphatic heterocycles. The van der Waals surface area contributed by atoms with Crippen molar-refractivity contribution in [2.24, 2.45) is 11.5 Å². The zero-order valence-electron chi connectivity index (χ0n) is 6.30. The molecule has 1 amide bonds. The van der Waals surface area contributed by atoms with E-state index < -0.39 is 30.7 Å². The molecule has 0 heterocycles. The maximum atomic E-state index is 11.5. The summed E-state index contributed by atoms with van der Waals surface area (Å²) in [4.78, 5) is 20.2. The quantitative estimate of drug-likeness (QED) is 0.565. The standard InChI is InChI=1S/C5H7F3N2O3/c6-5(7,8)4(12)13-1-2(9)3(10)11/h2H,1,9H2,(H2,10,11)/t2-/m1/s1. The van der Waals surface area contributed by atoms with Gasteiger partial charge in [0, 0.05) is 0 Å². The minimum Gasteiger partial charge on any atom is -0.457 e. The van der Waals surface area contributed by atoms with Crippen LogP contribution in [0.15, 0.2) is 0 Å². The number of hydrogen-bond acceptors (Lipinski definition) is 4. The number of esters is 1. The molecule has 0 saturated heterocycles. The molecule has 8 heteroatoms. The number of hydrogen-bond donors (Lipinski definition) is 2. The third-order valence-corrected chi connectivity index (χ3v) is 0.991. The second kappa shape index (κ2) is 4.08. The van der Waals surface area contributed by atoms with Crippen LogP contribution in [0.1, 0.15) is 0 Å². The van der Waals surface area contributed by atoms with Crippen LogP contribution in [0.3, 0.4) is 0 Å². The Bertz CT molecular complexity index is 216. The first-order chi connectivity index (χ1) is 5.75. The Morgan fingerprint density at radius 1 is 1.38 bits per heavy atom. The van der Waals surface area contributed by atoms with Gasteiger partial charge in [-0.25, -0.2) is 4.79 Å². The predicted octanol–water partition coefficient (Wildman–Crippen LogP) is -1.10. The van der Waals surface area contributed by atoms with Crippen LogP contribution in [0.5, 0.6) is 0 Å². The van der Waals surface area contributed by atoms with Crippen LogP contribution in [-0.4, -0.2) is 30.7 Å². The molecule has 0 rings (SSSR count). The fourth-order valence-electron chi connectivity index (χ4n) is 0.329. The Morgan fingerprint density at radius 3 is 2.15 bits per heavy atom. The van der Waals surface area contributed by atoms with Crippen LogP contribution >= 0.6 is 0 Å². The molecule has 0 aromatic rings. The molecule has 0 aliphatic carbocycles. The summed E-state index contributed by atoms with van der Waals surface area (Å²) in [7, 11) is 0. The molecule has 0 saturated carbocycles. The van der Waals surface area contributed by atoms with Crippen LogP contribution in [-0.2, 0) is 14.3 Å². The summed E-state index contributed by atoms with van der Waals surface area (Å²) in [6.45, 7) is -0.881. The van der Waals surface area contributed by atoms with Gasteiger partial charge in [0.1, 0.15) is 12.6 Å². The van der Waals surface area contributed by atoms with Crippen molar-refractivity contribution in [1.82, 2.24) is 0 Å². The minimum absolute atomic E-state index is 0.881. The first-order valence-electron chi connectivity index (χ1n) is 3.04. The van der Waals surface area contributed by atoms with E-state index in [1.807, 2.05) is 0 Å². The van der Waals surface area contributed by atoms with Gasteiger partial charge in [0.15, 0.2) is 0 Å². The van der Waals surface area contributed by atoms with Crippen molar-refractivity contribution in [2.75, 3.05) is 6.61 Å². The molecule has 76 valence electrons. The Labute approximate surface area is 70.8 Å². The van der Waals surface area contributed by atoms with Crippen molar-refractivity contribution >= 4 is 11.9 Å². The van der Waals surface area contributed by atoms with E-state index in [9.17, 15) is 22.8 Å². The molecule has 1 atom stereocenters. The largest absolute Gasteiger partial charge is 0.490 e. The van der Waals surface area contributed by atoms with Crippen molar-refractivity contribution in [2.45, 2.75) is 12.2 Å². The molecular weight excluding hydrogens is 193 g/mol. The Kier molecular flexibility index (Phi) is 3.67. The summed E-state index contributed by atoms with van der Waals surface area (Å²) >= 11 is 0. The molecule has 13 heavy (non-hydrogen) atoms. The predicted molar refractivity (Wildman–Crippen MR) is 34.2 cm³/mol. The van der Waals surface area contributed by atoms with E-state index in [-0.39, 0.29) is 0 Å². The summed E-state index contributed by atoms with van der Waals surface area (Å²) in [5.41, 5.74) is 9.48. The monoisotopic (exact) mass is 200 g/mol. The number of carbonyl (C=O) groups is 2. The molecule has 0 spiro atoms. The van der Waals surface area contributed by atoms with Gasteiger partial charge < -0.3 is 16.2 Å². The van der Waals surface area contributed by atoms with Gasteiger partial charge >= 0.3 is 12.1 Å². The van der Waals surface area contributed by atoms with Gasteiger partial charge in [-0.3, -0.25) is 4.79 Å². The highest BCUT2D eigenvalue weighted by Crippen LogP contribution is 2.16. The molecule has 0 radical (unpaired) electrons. The van der Waals surface area contributed by atoms with Crippen molar-refractivity contribution in [3.8, 4) is 0 Å². The molecule has 4 N–H and O–H groups in total. The van der Waals surface area contributed by atoms with Gasteiger partial charge in [0.25, 0.3) is 0 Å². The van der Waals surface area contributed by atoms with Crippen LogP contribution in [0.2, 0.25) is 0 Å². The van der Waals surface area contributed by atoms with Crippen LogP contribution in [0, 0.1) is 0 Å². The number of alkyl halides is 3. The van der Waals surface area contributed by atoms with Crippen LogP contribution < -0.4 is 11.5 Å². The summed E-state index contributed by atoms with van der Waals surface area (Å²) in [5, 5.41) is 0. The average molecular weight is 200 g/mol. The first kappa shape index (κ1) is 11.7. The Hall–Kier alpha value is -1.31. The van der Waals surface area contributed by atoms with Gasteiger partial charge in [-0.2, -0.15) is 13.2 Å². The van der Waals surface area contributed by atoms with Gasteiger partial charge in [0.05, 0.1) is 0 Å². The molecule has 0 unspecified atom stereocenters. The molecule has 0 aromatic heterocycles. The Balaban J connectivity index is 3.91. The van der Waals surface area contributed by atoms with Crippen molar-refractivity contribution in [3.63, 3.8) is 0 Å². The highest BCUT2D eigenvalue weighted by Gasteiger charge is 2.41. The Morgan fingerprint density at radius 2 is 1.85 bits per heavy atom.